The summed E-state index contributed by atoms with van der Waals surface area (Å²) in [6, 6.07) is 2.11. The number of aromatic amines is 1. The van der Waals surface area contributed by atoms with Crippen LogP contribution in [0.1, 0.15) is 30.7 Å². The molecule has 0 aliphatic rings. The van der Waals surface area contributed by atoms with Gasteiger partial charge in [-0.2, -0.15) is 5.26 Å². The second-order valence-corrected chi connectivity index (χ2v) is 4.25. The summed E-state index contributed by atoms with van der Waals surface area (Å²) >= 11 is 0. The number of rotatable bonds is 5. The van der Waals surface area contributed by atoms with Crippen LogP contribution < -0.4 is 5.32 Å². The van der Waals surface area contributed by atoms with Crippen molar-refractivity contribution in [2.75, 3.05) is 25.0 Å². The highest BCUT2D eigenvalue weighted by Crippen LogP contribution is 2.20. The minimum atomic E-state index is -0.101. The molecule has 5 nitrogen and oxygen atoms in total. The van der Waals surface area contributed by atoms with Gasteiger partial charge in [-0.05, 0) is 32.5 Å². The zero-order valence-corrected chi connectivity index (χ0v) is 11.4. The Hall–Kier alpha value is -1.80. The molecular formula is C13H20N4O. The zero-order valence-electron chi connectivity index (χ0n) is 11.4. The molecule has 1 aromatic heterocycles. The van der Waals surface area contributed by atoms with Crippen LogP contribution in [0, 0.1) is 25.2 Å². The molecule has 0 unspecified atom stereocenters. The maximum atomic E-state index is 11.8. The minimum absolute atomic E-state index is 0.101. The summed E-state index contributed by atoms with van der Waals surface area (Å²) in [6.45, 7) is 9.78. The molecule has 1 amide bonds. The summed E-state index contributed by atoms with van der Waals surface area (Å²) in [4.78, 5) is 16.9. The van der Waals surface area contributed by atoms with E-state index in [1.54, 1.807) is 0 Å². The van der Waals surface area contributed by atoms with Crippen molar-refractivity contribution < 1.29 is 4.79 Å². The average Bonchev–Trinajstić information content (AvgIpc) is 2.61. The van der Waals surface area contributed by atoms with Gasteiger partial charge >= 0.3 is 0 Å². The first-order valence-electron chi connectivity index (χ1n) is 6.14. The average molecular weight is 248 g/mol. The molecule has 0 radical (unpaired) electrons. The van der Waals surface area contributed by atoms with E-state index in [0.717, 1.165) is 24.3 Å². The number of hydrogen-bond donors (Lipinski definition) is 2. The van der Waals surface area contributed by atoms with E-state index in [1.807, 2.05) is 32.6 Å². The Kier molecular flexibility index (Phi) is 4.93. The van der Waals surface area contributed by atoms with Crippen LogP contribution in [0.2, 0.25) is 0 Å². The molecule has 1 aromatic rings. The molecule has 0 saturated heterocycles. The number of aromatic nitrogens is 1. The Balaban J connectivity index is 2.77. The number of anilines is 1. The van der Waals surface area contributed by atoms with Gasteiger partial charge in [0.05, 0.1) is 12.1 Å². The summed E-state index contributed by atoms with van der Waals surface area (Å²) in [5, 5.41) is 11.8. The summed E-state index contributed by atoms with van der Waals surface area (Å²) in [7, 11) is 0. The maximum Gasteiger partial charge on any atom is 0.239 e. The van der Waals surface area contributed by atoms with Gasteiger partial charge in [0.15, 0.2) is 0 Å². The van der Waals surface area contributed by atoms with Crippen molar-refractivity contribution in [2.45, 2.75) is 27.7 Å². The lowest BCUT2D eigenvalue weighted by atomic mass is 10.2. The molecule has 1 heterocycles. The number of likely N-dealkylation sites (N-methyl/N-ethyl adjacent to an activating group) is 1. The van der Waals surface area contributed by atoms with Crippen LogP contribution in [0.15, 0.2) is 0 Å². The fourth-order valence-corrected chi connectivity index (χ4v) is 1.78. The molecule has 0 spiro atoms. The van der Waals surface area contributed by atoms with Crippen LogP contribution in [-0.2, 0) is 4.79 Å². The van der Waals surface area contributed by atoms with Gasteiger partial charge in [-0.15, -0.1) is 0 Å². The number of nitriles is 1. The number of hydrogen-bond acceptors (Lipinski definition) is 3. The van der Waals surface area contributed by atoms with Crippen molar-refractivity contribution in [3.8, 4) is 6.07 Å². The quantitative estimate of drug-likeness (QED) is 0.834. The Bertz CT molecular complexity index is 466. The smallest absolute Gasteiger partial charge is 0.239 e. The lowest BCUT2D eigenvalue weighted by Crippen LogP contribution is -2.33. The Labute approximate surface area is 108 Å². The fourth-order valence-electron chi connectivity index (χ4n) is 1.78. The number of H-pyrrole nitrogens is 1. The van der Waals surface area contributed by atoms with E-state index in [-0.39, 0.29) is 5.91 Å². The van der Waals surface area contributed by atoms with Gasteiger partial charge in [0.1, 0.15) is 11.9 Å². The summed E-state index contributed by atoms with van der Waals surface area (Å²) in [6.07, 6.45) is 0. The fraction of sp³-hybridized carbons (Fsp3) is 0.538. The van der Waals surface area contributed by atoms with Crippen molar-refractivity contribution in [1.29, 1.82) is 5.26 Å². The van der Waals surface area contributed by atoms with Crippen LogP contribution in [0.5, 0.6) is 0 Å². The highest BCUT2D eigenvalue weighted by molar-refractivity contribution is 5.93. The van der Waals surface area contributed by atoms with E-state index in [0.29, 0.717) is 17.9 Å². The van der Waals surface area contributed by atoms with Gasteiger partial charge in [0.2, 0.25) is 5.91 Å². The lowest BCUT2D eigenvalue weighted by molar-refractivity contribution is -0.117. The molecule has 18 heavy (non-hydrogen) atoms. The predicted octanol–water partition coefficient (Wildman–Crippen LogP) is 1.78. The number of aryl methyl sites for hydroxylation is 1. The number of carbonyl (C=O) groups is 1. The predicted molar refractivity (Wildman–Crippen MR) is 71.4 cm³/mol. The molecular weight excluding hydrogens is 228 g/mol. The van der Waals surface area contributed by atoms with Gasteiger partial charge in [-0.25, -0.2) is 0 Å². The highest BCUT2D eigenvalue weighted by Gasteiger charge is 2.14. The van der Waals surface area contributed by atoms with Gasteiger partial charge in [-0.3, -0.25) is 9.69 Å². The highest BCUT2D eigenvalue weighted by atomic mass is 16.2. The summed E-state index contributed by atoms with van der Waals surface area (Å²) < 4.78 is 0. The first kappa shape index (κ1) is 14.3. The van der Waals surface area contributed by atoms with Crippen molar-refractivity contribution in [3.63, 3.8) is 0 Å². The number of nitrogens with zero attached hydrogens (tertiary/aromatic N) is 2. The van der Waals surface area contributed by atoms with Crippen LogP contribution >= 0.6 is 0 Å². The molecule has 5 heteroatoms. The third-order valence-electron chi connectivity index (χ3n) is 3.14. The van der Waals surface area contributed by atoms with Crippen LogP contribution in [0.4, 0.5) is 5.82 Å². The largest absolute Gasteiger partial charge is 0.344 e. The molecule has 2 N–H and O–H groups in total. The first-order chi connectivity index (χ1) is 8.53. The Morgan fingerprint density at radius 2 is 2.00 bits per heavy atom. The van der Waals surface area contributed by atoms with E-state index in [2.05, 4.69) is 16.4 Å². The van der Waals surface area contributed by atoms with E-state index in [1.165, 1.54) is 0 Å². The SMILES string of the molecule is CCN(CC)CC(=O)Nc1[nH]c(C)c(C)c1C#N. The first-order valence-corrected chi connectivity index (χ1v) is 6.14. The summed E-state index contributed by atoms with van der Waals surface area (Å²) in [5.74, 6) is 0.404. The van der Waals surface area contributed by atoms with Crippen molar-refractivity contribution in [3.05, 3.63) is 16.8 Å². The molecule has 0 aromatic carbocycles. The minimum Gasteiger partial charge on any atom is -0.344 e. The molecule has 0 aliphatic carbocycles. The van der Waals surface area contributed by atoms with Crippen LogP contribution in [-0.4, -0.2) is 35.4 Å². The second-order valence-electron chi connectivity index (χ2n) is 4.25. The lowest BCUT2D eigenvalue weighted by Gasteiger charge is -2.16. The van der Waals surface area contributed by atoms with Crippen LogP contribution in [0.25, 0.3) is 0 Å². The van der Waals surface area contributed by atoms with Gasteiger partial charge in [-0.1, -0.05) is 13.8 Å². The molecule has 0 atom stereocenters. The topological polar surface area (TPSA) is 71.9 Å². The number of nitrogens with one attached hydrogen (secondary N) is 2. The monoisotopic (exact) mass is 248 g/mol. The number of amides is 1. The van der Waals surface area contributed by atoms with E-state index < -0.39 is 0 Å². The standard InChI is InChI=1S/C13H20N4O/c1-5-17(6-2)8-12(18)16-13-11(7-14)9(3)10(4)15-13/h15H,5-6,8H2,1-4H3,(H,16,18). The molecule has 0 fully saturated rings. The third kappa shape index (κ3) is 3.11. The molecule has 0 bridgehead atoms. The summed E-state index contributed by atoms with van der Waals surface area (Å²) in [5.41, 5.74) is 2.31. The zero-order chi connectivity index (χ0) is 13.7. The third-order valence-corrected chi connectivity index (χ3v) is 3.14. The van der Waals surface area contributed by atoms with E-state index >= 15 is 0 Å². The molecule has 0 aliphatic heterocycles. The normalized spacial score (nSPS) is 10.4. The maximum absolute atomic E-state index is 11.8. The van der Waals surface area contributed by atoms with Gasteiger partial charge < -0.3 is 10.3 Å². The molecule has 0 saturated carbocycles. The van der Waals surface area contributed by atoms with Crippen molar-refractivity contribution >= 4 is 11.7 Å². The molecule has 98 valence electrons. The number of carbonyl (C=O) groups excluding carboxylic acids is 1. The van der Waals surface area contributed by atoms with Crippen LogP contribution in [0.3, 0.4) is 0 Å². The van der Waals surface area contributed by atoms with Crippen molar-refractivity contribution in [2.24, 2.45) is 0 Å². The van der Waals surface area contributed by atoms with Gasteiger partial charge in [0.25, 0.3) is 0 Å². The molecule has 1 rings (SSSR count). The van der Waals surface area contributed by atoms with Crippen molar-refractivity contribution in [1.82, 2.24) is 9.88 Å². The van der Waals surface area contributed by atoms with Gasteiger partial charge in [0, 0.05) is 5.69 Å². The second kappa shape index (κ2) is 6.22. The van der Waals surface area contributed by atoms with E-state index in [4.69, 9.17) is 5.26 Å². The van der Waals surface area contributed by atoms with E-state index in [9.17, 15) is 4.79 Å². The Morgan fingerprint density at radius 3 is 2.50 bits per heavy atom. The Morgan fingerprint density at radius 1 is 1.39 bits per heavy atom.